The van der Waals surface area contributed by atoms with Crippen molar-refractivity contribution in [2.24, 2.45) is 5.92 Å². The number of carbonyl (C=O) groups is 1. The molecule has 8 heteroatoms. The highest BCUT2D eigenvalue weighted by Crippen LogP contribution is 2.26. The second-order valence-electron chi connectivity index (χ2n) is 8.23. The fraction of sp³-hybridized carbons (Fsp3) is 0.333. The van der Waals surface area contributed by atoms with Crippen LogP contribution >= 0.6 is 11.6 Å². The fourth-order valence-corrected chi connectivity index (χ4v) is 5.53. The Labute approximate surface area is 193 Å². The number of esters is 1. The molecule has 1 aliphatic rings. The molecule has 0 unspecified atom stereocenters. The summed E-state index contributed by atoms with van der Waals surface area (Å²) in [6.45, 7) is 4.51. The fourth-order valence-electron chi connectivity index (χ4n) is 3.86. The third kappa shape index (κ3) is 4.80. The first-order valence-corrected chi connectivity index (χ1v) is 12.3. The van der Waals surface area contributed by atoms with E-state index in [2.05, 4.69) is 4.98 Å². The monoisotopic (exact) mass is 472 g/mol. The van der Waals surface area contributed by atoms with Crippen LogP contribution in [0.25, 0.3) is 10.9 Å². The lowest BCUT2D eigenvalue weighted by Gasteiger charge is -2.30. The molecule has 0 spiro atoms. The summed E-state index contributed by atoms with van der Waals surface area (Å²) >= 11 is 6.29. The highest BCUT2D eigenvalue weighted by Gasteiger charge is 2.32. The maximum absolute atomic E-state index is 12.8. The second-order valence-corrected chi connectivity index (χ2v) is 10.5. The Morgan fingerprint density at radius 2 is 1.72 bits per heavy atom. The Bertz CT molecular complexity index is 1250. The summed E-state index contributed by atoms with van der Waals surface area (Å²) in [5.74, 6) is -0.674. The third-order valence-corrected chi connectivity index (χ3v) is 8.06. The quantitative estimate of drug-likeness (QED) is 0.399. The summed E-state index contributed by atoms with van der Waals surface area (Å²) in [4.78, 5) is 17.3. The molecule has 1 fully saturated rings. The molecule has 168 valence electrons. The number of sulfonamides is 1. The number of pyridine rings is 1. The number of aromatic nitrogens is 1. The van der Waals surface area contributed by atoms with Gasteiger partial charge in [-0.25, -0.2) is 13.4 Å². The van der Waals surface area contributed by atoms with Crippen molar-refractivity contribution in [1.82, 2.24) is 9.29 Å². The number of halogens is 1. The van der Waals surface area contributed by atoms with E-state index in [0.717, 1.165) is 22.0 Å². The predicted molar refractivity (Wildman–Crippen MR) is 124 cm³/mol. The lowest BCUT2D eigenvalue weighted by molar-refractivity contribution is -0.151. The van der Waals surface area contributed by atoms with E-state index in [-0.39, 0.29) is 36.5 Å². The van der Waals surface area contributed by atoms with Crippen LogP contribution in [0.4, 0.5) is 0 Å². The van der Waals surface area contributed by atoms with Gasteiger partial charge in [-0.3, -0.25) is 4.79 Å². The van der Waals surface area contributed by atoms with Crippen molar-refractivity contribution in [2.75, 3.05) is 13.1 Å². The maximum atomic E-state index is 12.8. The number of aryl methyl sites for hydroxylation is 2. The number of fused-ring (bicyclic) bond motifs is 1. The van der Waals surface area contributed by atoms with Gasteiger partial charge >= 0.3 is 5.97 Å². The van der Waals surface area contributed by atoms with E-state index in [0.29, 0.717) is 23.6 Å². The first-order chi connectivity index (χ1) is 15.2. The first-order valence-electron chi connectivity index (χ1n) is 10.5. The van der Waals surface area contributed by atoms with Crippen LogP contribution in [0.2, 0.25) is 5.15 Å². The van der Waals surface area contributed by atoms with E-state index >= 15 is 0 Å². The van der Waals surface area contributed by atoms with Gasteiger partial charge in [-0.1, -0.05) is 41.4 Å². The Balaban J connectivity index is 1.36. The highest BCUT2D eigenvalue weighted by atomic mass is 35.5. The number of benzene rings is 2. The van der Waals surface area contributed by atoms with Crippen molar-refractivity contribution >= 4 is 38.5 Å². The van der Waals surface area contributed by atoms with E-state index in [1.807, 2.05) is 38.1 Å². The molecule has 0 radical (unpaired) electrons. The summed E-state index contributed by atoms with van der Waals surface area (Å²) in [5.41, 5.74) is 3.54. The molecule has 6 nitrogen and oxygen atoms in total. The van der Waals surface area contributed by atoms with Crippen LogP contribution in [0.1, 0.15) is 29.5 Å². The molecule has 1 saturated heterocycles. The number of ether oxygens (including phenoxy) is 1. The molecule has 0 aliphatic carbocycles. The van der Waals surface area contributed by atoms with Gasteiger partial charge in [-0.15, -0.1) is 0 Å². The normalized spacial score (nSPS) is 15.7. The number of rotatable bonds is 5. The van der Waals surface area contributed by atoms with E-state index in [9.17, 15) is 13.2 Å². The first kappa shape index (κ1) is 22.7. The molecule has 0 saturated carbocycles. The summed E-state index contributed by atoms with van der Waals surface area (Å²) in [7, 11) is -3.56. The smallest absolute Gasteiger partial charge is 0.309 e. The topological polar surface area (TPSA) is 76.6 Å². The molecule has 2 aromatic carbocycles. The second kappa shape index (κ2) is 9.17. The van der Waals surface area contributed by atoms with Gasteiger partial charge in [-0.2, -0.15) is 4.31 Å². The molecule has 0 bridgehead atoms. The van der Waals surface area contributed by atoms with Crippen LogP contribution in [0.3, 0.4) is 0 Å². The Morgan fingerprint density at radius 3 is 2.41 bits per heavy atom. The van der Waals surface area contributed by atoms with Gasteiger partial charge in [0.2, 0.25) is 10.0 Å². The third-order valence-electron chi connectivity index (χ3n) is 5.82. The number of carbonyl (C=O) groups excluding carboxylic acids is 1. The van der Waals surface area contributed by atoms with Crippen LogP contribution < -0.4 is 0 Å². The zero-order valence-electron chi connectivity index (χ0n) is 18.0. The van der Waals surface area contributed by atoms with Gasteiger partial charge in [-0.05, 0) is 56.5 Å². The summed E-state index contributed by atoms with van der Waals surface area (Å²) in [6.07, 6.45) is 0.847. The molecular formula is C24H25ClN2O4S. The average molecular weight is 473 g/mol. The average Bonchev–Trinajstić information content (AvgIpc) is 2.78. The Hall–Kier alpha value is -2.48. The Kier molecular flexibility index (Phi) is 6.51. The van der Waals surface area contributed by atoms with Crippen molar-refractivity contribution in [3.05, 3.63) is 70.4 Å². The lowest BCUT2D eigenvalue weighted by Crippen LogP contribution is -2.40. The summed E-state index contributed by atoms with van der Waals surface area (Å²) in [6, 6.07) is 14.6. The zero-order chi connectivity index (χ0) is 22.9. The van der Waals surface area contributed by atoms with Crippen LogP contribution in [0.15, 0.2) is 53.4 Å². The van der Waals surface area contributed by atoms with Gasteiger partial charge in [0.25, 0.3) is 0 Å². The largest absolute Gasteiger partial charge is 0.460 e. The predicted octanol–water partition coefficient (Wildman–Crippen LogP) is 4.65. The molecule has 4 rings (SSSR count). The number of hydrogen-bond donors (Lipinski definition) is 0. The van der Waals surface area contributed by atoms with Crippen molar-refractivity contribution in [3.63, 3.8) is 0 Å². The van der Waals surface area contributed by atoms with Crippen LogP contribution in [0.5, 0.6) is 0 Å². The minimum atomic E-state index is -3.56. The molecule has 0 amide bonds. The summed E-state index contributed by atoms with van der Waals surface area (Å²) < 4.78 is 32.6. The minimum Gasteiger partial charge on any atom is -0.460 e. The van der Waals surface area contributed by atoms with Gasteiger partial charge in [0.15, 0.2) is 0 Å². The zero-order valence-corrected chi connectivity index (χ0v) is 19.6. The Morgan fingerprint density at radius 1 is 1.06 bits per heavy atom. The van der Waals surface area contributed by atoms with E-state index in [4.69, 9.17) is 16.3 Å². The number of piperidine rings is 1. The maximum Gasteiger partial charge on any atom is 0.309 e. The molecule has 1 aliphatic heterocycles. The van der Waals surface area contributed by atoms with Gasteiger partial charge in [0.05, 0.1) is 16.3 Å². The molecule has 3 aromatic rings. The number of nitrogens with zero attached hydrogens (tertiary/aromatic N) is 2. The molecule has 32 heavy (non-hydrogen) atoms. The highest BCUT2D eigenvalue weighted by molar-refractivity contribution is 7.89. The van der Waals surface area contributed by atoms with E-state index in [1.54, 1.807) is 24.3 Å². The van der Waals surface area contributed by atoms with E-state index in [1.165, 1.54) is 4.31 Å². The van der Waals surface area contributed by atoms with Crippen molar-refractivity contribution < 1.29 is 17.9 Å². The number of hydrogen-bond acceptors (Lipinski definition) is 5. The molecule has 2 heterocycles. The van der Waals surface area contributed by atoms with Crippen molar-refractivity contribution in [3.8, 4) is 0 Å². The van der Waals surface area contributed by atoms with Gasteiger partial charge < -0.3 is 4.74 Å². The van der Waals surface area contributed by atoms with Crippen LogP contribution in [-0.4, -0.2) is 36.8 Å². The molecule has 0 atom stereocenters. The van der Waals surface area contributed by atoms with E-state index < -0.39 is 10.0 Å². The van der Waals surface area contributed by atoms with Crippen LogP contribution in [0, 0.1) is 19.8 Å². The van der Waals surface area contributed by atoms with Gasteiger partial charge in [0, 0.05) is 24.0 Å². The standard InChI is InChI=1S/C24H25ClN2O4S/c1-16-4-7-21(8-5-16)32(29,30)27-11-9-18(10-12-27)24(28)31-15-20-14-19-6-3-17(2)13-22(19)26-23(20)25/h3-8,13-14,18H,9-12,15H2,1-2H3. The molecule has 1 aromatic heterocycles. The van der Waals surface area contributed by atoms with Crippen LogP contribution in [-0.2, 0) is 26.2 Å². The molecular weight excluding hydrogens is 448 g/mol. The summed E-state index contributed by atoms with van der Waals surface area (Å²) in [5, 5.41) is 1.25. The minimum absolute atomic E-state index is 0.0381. The van der Waals surface area contributed by atoms with Crippen molar-refractivity contribution in [1.29, 1.82) is 0 Å². The lowest BCUT2D eigenvalue weighted by atomic mass is 9.98. The van der Waals surface area contributed by atoms with Gasteiger partial charge in [0.1, 0.15) is 11.8 Å². The molecule has 0 N–H and O–H groups in total. The van der Waals surface area contributed by atoms with Crippen molar-refractivity contribution in [2.45, 2.75) is 38.2 Å². The SMILES string of the molecule is Cc1ccc(S(=O)(=O)N2CCC(C(=O)OCc3cc4ccc(C)cc4nc3Cl)CC2)cc1.